The number of amides is 3. The fourth-order valence-corrected chi connectivity index (χ4v) is 5.13. The van der Waals surface area contributed by atoms with E-state index < -0.39 is 0 Å². The molecule has 5 rings (SSSR count). The number of hydrogen-bond donors (Lipinski definition) is 2. The van der Waals surface area contributed by atoms with Gasteiger partial charge in [0.1, 0.15) is 0 Å². The number of aromatic nitrogens is 1. The van der Waals surface area contributed by atoms with Crippen molar-refractivity contribution in [1.29, 1.82) is 0 Å². The topological polar surface area (TPSA) is 74.3 Å². The highest BCUT2D eigenvalue weighted by molar-refractivity contribution is 7.14. The normalized spacial score (nSPS) is 17.3. The number of hydrogen-bond acceptors (Lipinski definition) is 4. The van der Waals surface area contributed by atoms with E-state index in [1.807, 2.05) is 53.9 Å². The molecule has 0 saturated carbocycles. The highest BCUT2D eigenvalue weighted by Gasteiger charge is 2.42. The Morgan fingerprint density at radius 3 is 2.60 bits per heavy atom. The van der Waals surface area contributed by atoms with Crippen molar-refractivity contribution >= 4 is 28.4 Å². The maximum atomic E-state index is 12.8. The predicted molar refractivity (Wildman–Crippen MR) is 117 cm³/mol. The van der Waals surface area contributed by atoms with Crippen LogP contribution in [0.2, 0.25) is 0 Å². The Morgan fingerprint density at radius 2 is 1.80 bits per heavy atom. The lowest BCUT2D eigenvalue weighted by Crippen LogP contribution is -2.57. The van der Waals surface area contributed by atoms with Crippen LogP contribution in [0.1, 0.15) is 24.0 Å². The molecule has 0 unspecified atom stereocenters. The Hall–Kier alpha value is -3.19. The van der Waals surface area contributed by atoms with Crippen molar-refractivity contribution < 1.29 is 9.59 Å². The fraction of sp³-hybridized carbons (Fsp3) is 0.261. The van der Waals surface area contributed by atoms with E-state index in [1.54, 1.807) is 4.90 Å². The molecule has 1 aromatic heterocycles. The standard InChI is InChI=1S/C23H22N4O2S/c28-20-14-17-8-4-5-9-18(17)23(26-20)10-12-27(13-11-23)22(29)25-21-24-19(15-30-21)16-6-2-1-3-7-16/h1-9,15H,10-14H2,(H,26,28)(H,24,25,29). The van der Waals surface area contributed by atoms with Gasteiger partial charge in [-0.2, -0.15) is 0 Å². The minimum atomic E-state index is -0.371. The molecule has 3 amide bonds. The van der Waals surface area contributed by atoms with Gasteiger partial charge in [0.2, 0.25) is 5.91 Å². The zero-order chi connectivity index (χ0) is 20.6. The van der Waals surface area contributed by atoms with Gasteiger partial charge in [0.15, 0.2) is 5.13 Å². The van der Waals surface area contributed by atoms with Gasteiger partial charge in [0.25, 0.3) is 0 Å². The molecule has 2 aliphatic rings. The van der Waals surface area contributed by atoms with E-state index in [9.17, 15) is 9.59 Å². The minimum absolute atomic E-state index is 0.0582. The number of likely N-dealkylation sites (tertiary alicyclic amines) is 1. The summed E-state index contributed by atoms with van der Waals surface area (Å²) in [6, 6.07) is 17.9. The first kappa shape index (κ1) is 18.8. The SMILES string of the molecule is O=C1Cc2ccccc2C2(CCN(C(=O)Nc3nc(-c4ccccc4)cs3)CC2)N1. The summed E-state index contributed by atoms with van der Waals surface area (Å²) in [4.78, 5) is 31.4. The van der Waals surface area contributed by atoms with Gasteiger partial charge in [0.05, 0.1) is 17.7 Å². The molecule has 2 N–H and O–H groups in total. The van der Waals surface area contributed by atoms with Crippen molar-refractivity contribution in [3.63, 3.8) is 0 Å². The number of thiazole rings is 1. The van der Waals surface area contributed by atoms with Gasteiger partial charge < -0.3 is 10.2 Å². The number of nitrogens with one attached hydrogen (secondary N) is 2. The summed E-state index contributed by atoms with van der Waals surface area (Å²) >= 11 is 1.42. The van der Waals surface area contributed by atoms with Gasteiger partial charge in [-0.1, -0.05) is 54.6 Å². The Bertz CT molecular complexity index is 1090. The summed E-state index contributed by atoms with van der Waals surface area (Å²) in [5.74, 6) is 0.0582. The summed E-state index contributed by atoms with van der Waals surface area (Å²) in [6.07, 6.45) is 1.84. The average Bonchev–Trinajstić information content (AvgIpc) is 3.23. The number of carbonyl (C=O) groups is 2. The van der Waals surface area contributed by atoms with Crippen LogP contribution in [0, 0.1) is 0 Å². The van der Waals surface area contributed by atoms with E-state index in [0.717, 1.165) is 16.8 Å². The quantitative estimate of drug-likeness (QED) is 0.660. The molecule has 2 aromatic carbocycles. The number of benzene rings is 2. The molecule has 0 bridgehead atoms. The Morgan fingerprint density at radius 1 is 1.07 bits per heavy atom. The van der Waals surface area contributed by atoms with E-state index in [2.05, 4.69) is 21.7 Å². The van der Waals surface area contributed by atoms with Crippen molar-refractivity contribution in [1.82, 2.24) is 15.2 Å². The number of nitrogens with zero attached hydrogens (tertiary/aromatic N) is 2. The molecule has 152 valence electrons. The van der Waals surface area contributed by atoms with Crippen LogP contribution in [0.15, 0.2) is 60.0 Å². The van der Waals surface area contributed by atoms with Gasteiger partial charge in [-0.3, -0.25) is 10.1 Å². The van der Waals surface area contributed by atoms with Gasteiger partial charge >= 0.3 is 6.03 Å². The van der Waals surface area contributed by atoms with Crippen LogP contribution in [0.4, 0.5) is 9.93 Å². The molecular formula is C23H22N4O2S. The van der Waals surface area contributed by atoms with Crippen molar-refractivity contribution in [2.45, 2.75) is 24.8 Å². The highest BCUT2D eigenvalue weighted by atomic mass is 32.1. The van der Waals surface area contributed by atoms with Crippen molar-refractivity contribution in [2.24, 2.45) is 0 Å². The second-order valence-electron chi connectivity index (χ2n) is 7.79. The number of rotatable bonds is 2. The molecule has 0 aliphatic carbocycles. The second kappa shape index (κ2) is 7.57. The summed E-state index contributed by atoms with van der Waals surface area (Å²) in [6.45, 7) is 1.16. The zero-order valence-electron chi connectivity index (χ0n) is 16.4. The van der Waals surface area contributed by atoms with Crippen molar-refractivity contribution in [3.05, 3.63) is 71.1 Å². The predicted octanol–water partition coefficient (Wildman–Crippen LogP) is 4.01. The summed E-state index contributed by atoms with van der Waals surface area (Å²) in [7, 11) is 0. The first-order valence-electron chi connectivity index (χ1n) is 10.1. The van der Waals surface area contributed by atoms with Crippen LogP contribution in [0.5, 0.6) is 0 Å². The molecule has 7 heteroatoms. The number of urea groups is 1. The third-order valence-corrected chi connectivity index (χ3v) is 6.71. The summed E-state index contributed by atoms with van der Waals surface area (Å²) in [5.41, 5.74) is 3.80. The number of anilines is 1. The lowest BCUT2D eigenvalue weighted by molar-refractivity contribution is -0.123. The molecule has 1 spiro atoms. The summed E-state index contributed by atoms with van der Waals surface area (Å²) < 4.78 is 0. The molecule has 6 nitrogen and oxygen atoms in total. The summed E-state index contributed by atoms with van der Waals surface area (Å²) in [5, 5.41) is 8.68. The van der Waals surface area contributed by atoms with E-state index in [1.165, 1.54) is 16.9 Å². The molecule has 1 fully saturated rings. The maximum absolute atomic E-state index is 12.8. The molecule has 3 aromatic rings. The molecule has 0 atom stereocenters. The molecular weight excluding hydrogens is 396 g/mol. The third kappa shape index (κ3) is 3.45. The highest BCUT2D eigenvalue weighted by Crippen LogP contribution is 2.38. The number of fused-ring (bicyclic) bond motifs is 2. The Balaban J connectivity index is 1.26. The molecule has 3 heterocycles. The smallest absolute Gasteiger partial charge is 0.323 e. The Kier molecular flexibility index (Phi) is 4.75. The van der Waals surface area contributed by atoms with E-state index >= 15 is 0 Å². The van der Waals surface area contributed by atoms with Crippen molar-refractivity contribution in [2.75, 3.05) is 18.4 Å². The second-order valence-corrected chi connectivity index (χ2v) is 8.64. The van der Waals surface area contributed by atoms with E-state index in [0.29, 0.717) is 37.5 Å². The lowest BCUT2D eigenvalue weighted by atomic mass is 9.76. The molecule has 0 radical (unpaired) electrons. The number of carbonyl (C=O) groups excluding carboxylic acids is 2. The first-order chi connectivity index (χ1) is 14.6. The van der Waals surface area contributed by atoms with Crippen LogP contribution >= 0.6 is 11.3 Å². The van der Waals surface area contributed by atoms with Gasteiger partial charge in [-0.15, -0.1) is 11.3 Å². The van der Waals surface area contributed by atoms with Crippen molar-refractivity contribution in [3.8, 4) is 11.3 Å². The Labute approximate surface area is 178 Å². The fourth-order valence-electron chi connectivity index (χ4n) is 4.42. The van der Waals surface area contributed by atoms with Gasteiger partial charge in [0, 0.05) is 24.0 Å². The van der Waals surface area contributed by atoms with Gasteiger partial charge in [-0.25, -0.2) is 9.78 Å². The average molecular weight is 419 g/mol. The van der Waals surface area contributed by atoms with Crippen LogP contribution in [0.3, 0.4) is 0 Å². The molecule has 2 aliphatic heterocycles. The first-order valence-corrected chi connectivity index (χ1v) is 11.0. The largest absolute Gasteiger partial charge is 0.346 e. The lowest BCUT2D eigenvalue weighted by Gasteiger charge is -2.45. The van der Waals surface area contributed by atoms with Crippen LogP contribution in [0.25, 0.3) is 11.3 Å². The van der Waals surface area contributed by atoms with Gasteiger partial charge in [-0.05, 0) is 24.0 Å². The van der Waals surface area contributed by atoms with Crippen LogP contribution < -0.4 is 10.6 Å². The minimum Gasteiger partial charge on any atom is -0.346 e. The molecule has 30 heavy (non-hydrogen) atoms. The van der Waals surface area contributed by atoms with Crippen LogP contribution in [-0.2, 0) is 16.8 Å². The molecule has 1 saturated heterocycles. The van der Waals surface area contributed by atoms with E-state index in [4.69, 9.17) is 0 Å². The monoisotopic (exact) mass is 418 g/mol. The van der Waals surface area contributed by atoms with Crippen LogP contribution in [-0.4, -0.2) is 34.9 Å². The third-order valence-electron chi connectivity index (χ3n) is 5.95. The zero-order valence-corrected chi connectivity index (χ0v) is 17.2. The number of piperidine rings is 1. The maximum Gasteiger partial charge on any atom is 0.323 e. The van der Waals surface area contributed by atoms with E-state index in [-0.39, 0.29) is 17.5 Å².